The molecule has 0 amide bonds. The number of rotatable bonds is 4. The molecule has 0 atom stereocenters. The molecule has 2 aromatic rings. The Bertz CT molecular complexity index is 1130. The average molecular weight is 435 g/mol. The van der Waals surface area contributed by atoms with Crippen LogP contribution in [0.1, 0.15) is 69.9 Å². The molecule has 3 fully saturated rings. The molecule has 0 spiro atoms. The van der Waals surface area contributed by atoms with Crippen LogP contribution in [0.4, 0.5) is 4.39 Å². The molecule has 0 radical (unpaired) electrons. The standard InChI is InChI=1S/C26H31FN4O/c1-17-21(26(19-5-6-19)31-12-3-2-4-24(31)28-17)11-15-30-13-9-18(10-14-30)25-22-8-7-20(27)16-23(22)32-29-25/h7-8,16,18H,2-6,9-15H2,1H3. The Morgan fingerprint density at radius 2 is 1.94 bits per heavy atom. The molecule has 6 rings (SSSR count). The van der Waals surface area contributed by atoms with Gasteiger partial charge in [0, 0.05) is 48.3 Å². The monoisotopic (exact) mass is 434 g/mol. The van der Waals surface area contributed by atoms with Crippen molar-refractivity contribution >= 4 is 16.8 Å². The summed E-state index contributed by atoms with van der Waals surface area (Å²) in [5.74, 6) is 1.41. The van der Waals surface area contributed by atoms with Crippen LogP contribution in [-0.2, 0) is 0 Å². The van der Waals surface area contributed by atoms with Gasteiger partial charge in [-0.05, 0) is 88.2 Å². The summed E-state index contributed by atoms with van der Waals surface area (Å²) in [6.07, 6.45) is 9.41. The number of likely N-dealkylation sites (tertiary alicyclic amines) is 1. The Labute approximate surface area is 188 Å². The molecule has 2 saturated heterocycles. The van der Waals surface area contributed by atoms with Gasteiger partial charge in [0.15, 0.2) is 5.58 Å². The normalized spacial score (nSPS) is 22.6. The maximum atomic E-state index is 13.5. The summed E-state index contributed by atoms with van der Waals surface area (Å²) in [7, 11) is 0. The number of piperidine rings is 2. The Morgan fingerprint density at radius 3 is 2.75 bits per heavy atom. The predicted molar refractivity (Wildman–Crippen MR) is 124 cm³/mol. The first-order valence-electron chi connectivity index (χ1n) is 12.2. The number of nitrogens with zero attached hydrogens (tertiary/aromatic N) is 4. The highest BCUT2D eigenvalue weighted by molar-refractivity contribution is 5.88. The Balaban J connectivity index is 1.12. The molecule has 4 heterocycles. The number of halogens is 1. The van der Waals surface area contributed by atoms with Crippen LogP contribution < -0.4 is 0 Å². The first kappa shape index (κ1) is 20.2. The van der Waals surface area contributed by atoms with Gasteiger partial charge in [0.25, 0.3) is 0 Å². The smallest absolute Gasteiger partial charge is 0.170 e. The van der Waals surface area contributed by atoms with Crippen molar-refractivity contribution in [3.8, 4) is 0 Å². The van der Waals surface area contributed by atoms with E-state index in [1.807, 2.05) is 6.07 Å². The molecule has 5 nitrogen and oxygen atoms in total. The third-order valence-corrected chi connectivity index (χ3v) is 7.58. The summed E-state index contributed by atoms with van der Waals surface area (Å²) >= 11 is 0. The molecule has 1 aromatic carbocycles. The van der Waals surface area contributed by atoms with E-state index in [4.69, 9.17) is 9.52 Å². The zero-order valence-corrected chi connectivity index (χ0v) is 18.9. The van der Waals surface area contributed by atoms with Crippen molar-refractivity contribution in [3.63, 3.8) is 0 Å². The molecule has 1 aliphatic carbocycles. The average Bonchev–Trinajstić information content (AvgIpc) is 3.56. The molecule has 4 aliphatic rings. The summed E-state index contributed by atoms with van der Waals surface area (Å²) in [6, 6.07) is 4.74. The Kier molecular flexibility index (Phi) is 5.13. The molecule has 1 aromatic heterocycles. The first-order valence-corrected chi connectivity index (χ1v) is 12.2. The zero-order chi connectivity index (χ0) is 21.7. The van der Waals surface area contributed by atoms with Gasteiger partial charge < -0.3 is 14.3 Å². The molecular formula is C26H31FN4O. The molecule has 6 heteroatoms. The van der Waals surface area contributed by atoms with Crippen LogP contribution in [0.15, 0.2) is 50.3 Å². The maximum Gasteiger partial charge on any atom is 0.170 e. The summed E-state index contributed by atoms with van der Waals surface area (Å²) < 4.78 is 18.9. The molecular weight excluding hydrogens is 403 g/mol. The van der Waals surface area contributed by atoms with Crippen molar-refractivity contribution in [1.29, 1.82) is 0 Å². The van der Waals surface area contributed by atoms with E-state index in [1.165, 1.54) is 60.6 Å². The van der Waals surface area contributed by atoms with Crippen LogP contribution in [0.2, 0.25) is 0 Å². The third-order valence-electron chi connectivity index (χ3n) is 7.58. The van der Waals surface area contributed by atoms with E-state index in [9.17, 15) is 4.39 Å². The molecule has 1 saturated carbocycles. The van der Waals surface area contributed by atoms with E-state index in [0.717, 1.165) is 62.9 Å². The molecule has 168 valence electrons. The minimum atomic E-state index is -0.274. The number of hydrogen-bond acceptors (Lipinski definition) is 5. The van der Waals surface area contributed by atoms with Crippen LogP contribution >= 0.6 is 0 Å². The number of fused-ring (bicyclic) bond motifs is 2. The van der Waals surface area contributed by atoms with Gasteiger partial charge in [0.05, 0.1) is 5.69 Å². The van der Waals surface area contributed by atoms with E-state index in [1.54, 1.807) is 5.57 Å². The zero-order valence-electron chi connectivity index (χ0n) is 18.9. The van der Waals surface area contributed by atoms with Gasteiger partial charge >= 0.3 is 0 Å². The van der Waals surface area contributed by atoms with Gasteiger partial charge in [-0.3, -0.25) is 0 Å². The van der Waals surface area contributed by atoms with Crippen molar-refractivity contribution in [2.75, 3.05) is 26.2 Å². The number of aromatic nitrogens is 1. The minimum Gasteiger partial charge on any atom is -0.356 e. The van der Waals surface area contributed by atoms with Crippen molar-refractivity contribution in [3.05, 3.63) is 52.3 Å². The molecule has 0 N–H and O–H groups in total. The van der Waals surface area contributed by atoms with Crippen molar-refractivity contribution in [2.24, 2.45) is 4.99 Å². The van der Waals surface area contributed by atoms with E-state index in [2.05, 4.69) is 21.9 Å². The molecule has 0 unspecified atom stereocenters. The fraction of sp³-hybridized carbons (Fsp3) is 0.538. The topological polar surface area (TPSA) is 44.9 Å². The summed E-state index contributed by atoms with van der Waals surface area (Å²) in [5.41, 5.74) is 7.45. The second-order valence-electron chi connectivity index (χ2n) is 9.73. The lowest BCUT2D eigenvalue weighted by Gasteiger charge is -2.38. The minimum absolute atomic E-state index is 0.274. The van der Waals surface area contributed by atoms with Gasteiger partial charge in [-0.15, -0.1) is 0 Å². The van der Waals surface area contributed by atoms with Gasteiger partial charge in [-0.1, -0.05) is 5.16 Å². The SMILES string of the molecule is CC1=C(CCN2CCC(c3noc4cc(F)ccc34)CC2)C(=C2CC2)N2CCCCC2=N1. The van der Waals surface area contributed by atoms with Crippen LogP contribution in [0, 0.1) is 5.82 Å². The van der Waals surface area contributed by atoms with Crippen molar-refractivity contribution in [1.82, 2.24) is 15.0 Å². The second-order valence-corrected chi connectivity index (χ2v) is 9.73. The van der Waals surface area contributed by atoms with Gasteiger partial charge in [-0.25, -0.2) is 9.38 Å². The quantitative estimate of drug-likeness (QED) is 0.614. The highest BCUT2D eigenvalue weighted by atomic mass is 19.1. The fourth-order valence-corrected chi connectivity index (χ4v) is 5.70. The maximum absolute atomic E-state index is 13.5. The predicted octanol–water partition coefficient (Wildman–Crippen LogP) is 5.76. The lowest BCUT2D eigenvalue weighted by Crippen LogP contribution is -2.39. The van der Waals surface area contributed by atoms with Crippen LogP contribution in [0.25, 0.3) is 11.0 Å². The number of aliphatic imine (C=N–C) groups is 1. The largest absolute Gasteiger partial charge is 0.356 e. The summed E-state index contributed by atoms with van der Waals surface area (Å²) in [5, 5.41) is 5.26. The van der Waals surface area contributed by atoms with Crippen molar-refractivity contribution < 1.29 is 8.91 Å². The molecule has 0 bridgehead atoms. The number of allylic oxidation sites excluding steroid dienone is 3. The number of amidine groups is 1. The Morgan fingerprint density at radius 1 is 1.09 bits per heavy atom. The van der Waals surface area contributed by atoms with Gasteiger partial charge in [0.1, 0.15) is 11.7 Å². The van der Waals surface area contributed by atoms with Crippen LogP contribution in [-0.4, -0.2) is 47.0 Å². The lowest BCUT2D eigenvalue weighted by atomic mass is 9.91. The van der Waals surface area contributed by atoms with E-state index in [-0.39, 0.29) is 5.82 Å². The highest BCUT2D eigenvalue weighted by Crippen LogP contribution is 2.42. The summed E-state index contributed by atoms with van der Waals surface area (Å²) in [4.78, 5) is 10.1. The molecule has 3 aliphatic heterocycles. The number of benzene rings is 1. The molecule has 32 heavy (non-hydrogen) atoms. The van der Waals surface area contributed by atoms with Crippen molar-refractivity contribution in [2.45, 2.75) is 64.2 Å². The highest BCUT2D eigenvalue weighted by Gasteiger charge is 2.33. The van der Waals surface area contributed by atoms with E-state index < -0.39 is 0 Å². The first-order chi connectivity index (χ1) is 15.7. The van der Waals surface area contributed by atoms with Gasteiger partial charge in [0.2, 0.25) is 0 Å². The number of hydrogen-bond donors (Lipinski definition) is 0. The second kappa shape index (κ2) is 8.14. The van der Waals surface area contributed by atoms with Crippen LogP contribution in [0.5, 0.6) is 0 Å². The summed E-state index contributed by atoms with van der Waals surface area (Å²) in [6.45, 7) is 6.56. The Hall–Kier alpha value is -2.47. The van der Waals surface area contributed by atoms with E-state index >= 15 is 0 Å². The van der Waals surface area contributed by atoms with Gasteiger partial charge in [-0.2, -0.15) is 0 Å². The van der Waals surface area contributed by atoms with Crippen LogP contribution in [0.3, 0.4) is 0 Å². The van der Waals surface area contributed by atoms with E-state index in [0.29, 0.717) is 11.5 Å². The third kappa shape index (κ3) is 3.68. The lowest BCUT2D eigenvalue weighted by molar-refractivity contribution is 0.211. The fourth-order valence-electron chi connectivity index (χ4n) is 5.70.